The summed E-state index contributed by atoms with van der Waals surface area (Å²) in [5.41, 5.74) is 1.98. The summed E-state index contributed by atoms with van der Waals surface area (Å²) in [6, 6.07) is 17.2. The molecule has 0 aromatic heterocycles. The van der Waals surface area contributed by atoms with E-state index in [9.17, 15) is 14.4 Å². The fourth-order valence-electron chi connectivity index (χ4n) is 4.17. The van der Waals surface area contributed by atoms with E-state index in [0.717, 1.165) is 5.56 Å². The lowest BCUT2D eigenvalue weighted by Gasteiger charge is -2.19. The number of carbonyl (C=O) groups is 3. The van der Waals surface area contributed by atoms with Gasteiger partial charge in [-0.15, -0.1) is 0 Å². The first-order valence-electron chi connectivity index (χ1n) is 11.2. The third-order valence-corrected chi connectivity index (χ3v) is 6.85. The molecule has 0 saturated carbocycles. The van der Waals surface area contributed by atoms with E-state index < -0.39 is 5.92 Å². The lowest BCUT2D eigenvalue weighted by atomic mass is 10.1. The zero-order valence-electron chi connectivity index (χ0n) is 18.9. The second-order valence-corrected chi connectivity index (χ2v) is 9.17. The maximum absolute atomic E-state index is 13.0. The Morgan fingerprint density at radius 1 is 1.00 bits per heavy atom. The highest BCUT2D eigenvalue weighted by atomic mass is 35.5. The van der Waals surface area contributed by atoms with Gasteiger partial charge in [0.25, 0.3) is 5.91 Å². The number of benzene rings is 3. The number of rotatable bonds is 6. The van der Waals surface area contributed by atoms with Gasteiger partial charge in [0, 0.05) is 19.5 Å². The number of carbonyl (C=O) groups excluding carboxylic acids is 3. The van der Waals surface area contributed by atoms with Crippen LogP contribution in [0.4, 0.5) is 11.4 Å². The van der Waals surface area contributed by atoms with Crippen LogP contribution in [0.1, 0.15) is 22.3 Å². The smallest absolute Gasteiger partial charge is 0.253 e. The molecule has 2 N–H and O–H groups in total. The fraction of sp³-hybridized carbons (Fsp3) is 0.192. The molecular weight excluding hydrogens is 505 g/mol. The number of fused-ring (bicyclic) bond motifs is 1. The molecule has 3 amide bonds. The van der Waals surface area contributed by atoms with E-state index in [1.54, 1.807) is 48.5 Å². The number of para-hydroxylation sites is 1. The Bertz CT molecular complexity index is 1360. The van der Waals surface area contributed by atoms with Crippen LogP contribution in [0.5, 0.6) is 11.5 Å². The summed E-state index contributed by atoms with van der Waals surface area (Å²) < 4.78 is 10.7. The number of anilines is 2. The first kappa shape index (κ1) is 24.0. The summed E-state index contributed by atoms with van der Waals surface area (Å²) >= 11 is 12.4. The Balaban J connectivity index is 1.25. The van der Waals surface area contributed by atoms with Gasteiger partial charge >= 0.3 is 0 Å². The van der Waals surface area contributed by atoms with Crippen LogP contribution < -0.4 is 25.0 Å². The van der Waals surface area contributed by atoms with Gasteiger partial charge in [0.05, 0.1) is 32.9 Å². The Kier molecular flexibility index (Phi) is 6.71. The molecule has 1 saturated heterocycles. The predicted octanol–water partition coefficient (Wildman–Crippen LogP) is 4.64. The predicted molar refractivity (Wildman–Crippen MR) is 136 cm³/mol. The van der Waals surface area contributed by atoms with Gasteiger partial charge in [-0.2, -0.15) is 0 Å². The molecule has 184 valence electrons. The number of nitrogens with one attached hydrogen (secondary N) is 2. The number of nitrogens with zero attached hydrogens (tertiary/aromatic N) is 1. The van der Waals surface area contributed by atoms with Crippen molar-refractivity contribution >= 4 is 52.3 Å². The largest absolute Gasteiger partial charge is 0.454 e. The van der Waals surface area contributed by atoms with Crippen molar-refractivity contribution in [3.8, 4) is 11.5 Å². The number of hydrogen-bond donors (Lipinski definition) is 2. The number of ether oxygens (including phenoxy) is 2. The molecule has 0 radical (unpaired) electrons. The highest BCUT2D eigenvalue weighted by Crippen LogP contribution is 2.36. The molecule has 0 bridgehead atoms. The standard InChI is InChI=1S/C26H21Cl2N3O5/c27-18-5-3-7-20(24(18)28)31-13-16(11-23(31)32)25(33)30-19-6-2-1-4-17(19)26(34)29-12-15-8-9-21-22(10-15)36-14-35-21/h1-10,16H,11-14H2,(H,29,34)(H,30,33)/t16-/m0/s1. The zero-order valence-corrected chi connectivity index (χ0v) is 20.4. The first-order valence-corrected chi connectivity index (χ1v) is 12.0. The summed E-state index contributed by atoms with van der Waals surface area (Å²) in [5, 5.41) is 6.26. The van der Waals surface area contributed by atoms with Gasteiger partial charge in [0.2, 0.25) is 18.6 Å². The average molecular weight is 526 g/mol. The highest BCUT2D eigenvalue weighted by molar-refractivity contribution is 6.44. The van der Waals surface area contributed by atoms with Crippen LogP contribution in [0.3, 0.4) is 0 Å². The molecule has 2 aliphatic heterocycles. The van der Waals surface area contributed by atoms with Crippen LogP contribution >= 0.6 is 23.2 Å². The minimum absolute atomic E-state index is 0.0210. The van der Waals surface area contributed by atoms with Crippen LogP contribution in [0.15, 0.2) is 60.7 Å². The molecule has 3 aromatic rings. The van der Waals surface area contributed by atoms with Gasteiger partial charge in [-0.1, -0.05) is 47.5 Å². The third-order valence-electron chi connectivity index (χ3n) is 6.04. The van der Waals surface area contributed by atoms with Crippen molar-refractivity contribution < 1.29 is 23.9 Å². The lowest BCUT2D eigenvalue weighted by Crippen LogP contribution is -2.29. The molecule has 2 aliphatic rings. The van der Waals surface area contributed by atoms with Gasteiger partial charge in [-0.25, -0.2) is 0 Å². The second kappa shape index (κ2) is 10.1. The van der Waals surface area contributed by atoms with Crippen LogP contribution in [0, 0.1) is 5.92 Å². The minimum Gasteiger partial charge on any atom is -0.454 e. The second-order valence-electron chi connectivity index (χ2n) is 8.38. The summed E-state index contributed by atoms with van der Waals surface area (Å²) in [6.45, 7) is 0.599. The lowest BCUT2D eigenvalue weighted by molar-refractivity contribution is -0.122. The quantitative estimate of drug-likeness (QED) is 0.488. The zero-order chi connectivity index (χ0) is 25.2. The van der Waals surface area contributed by atoms with Crippen LogP contribution in [-0.2, 0) is 16.1 Å². The molecule has 3 aromatic carbocycles. The Morgan fingerprint density at radius 2 is 1.81 bits per heavy atom. The Labute approximate surface area is 217 Å². The normalized spacial score (nSPS) is 16.2. The molecular formula is C26H21Cl2N3O5. The van der Waals surface area contributed by atoms with Crippen LogP contribution in [0.25, 0.3) is 0 Å². The van der Waals surface area contributed by atoms with Gasteiger partial charge < -0.3 is 25.0 Å². The molecule has 0 aliphatic carbocycles. The summed E-state index contributed by atoms with van der Waals surface area (Å²) in [5.74, 6) is -0.252. The molecule has 0 unspecified atom stereocenters. The number of hydrogen-bond acceptors (Lipinski definition) is 5. The molecule has 36 heavy (non-hydrogen) atoms. The molecule has 5 rings (SSSR count). The molecule has 10 heteroatoms. The topological polar surface area (TPSA) is 97.0 Å². The Morgan fingerprint density at radius 3 is 2.67 bits per heavy atom. The average Bonchev–Trinajstić information content (AvgIpc) is 3.50. The van der Waals surface area contributed by atoms with Crippen molar-refractivity contribution in [3.05, 3.63) is 81.8 Å². The molecule has 1 atom stereocenters. The maximum Gasteiger partial charge on any atom is 0.253 e. The SMILES string of the molecule is O=C(NCc1ccc2c(c1)OCO2)c1ccccc1NC(=O)[C@H]1CC(=O)N(c2cccc(Cl)c2Cl)C1. The van der Waals surface area contributed by atoms with Crippen LogP contribution in [-0.4, -0.2) is 31.1 Å². The summed E-state index contributed by atoms with van der Waals surface area (Å²) in [4.78, 5) is 40.1. The third kappa shape index (κ3) is 4.82. The molecule has 2 heterocycles. The van der Waals surface area contributed by atoms with Crippen molar-refractivity contribution in [1.29, 1.82) is 0 Å². The van der Waals surface area contributed by atoms with E-state index in [2.05, 4.69) is 10.6 Å². The molecule has 8 nitrogen and oxygen atoms in total. The van der Waals surface area contributed by atoms with E-state index in [4.69, 9.17) is 32.7 Å². The molecule has 1 fully saturated rings. The van der Waals surface area contributed by atoms with Crippen molar-refractivity contribution in [3.63, 3.8) is 0 Å². The summed E-state index contributed by atoms with van der Waals surface area (Å²) in [6.07, 6.45) is 0.0210. The van der Waals surface area contributed by atoms with Gasteiger partial charge in [-0.3, -0.25) is 14.4 Å². The highest BCUT2D eigenvalue weighted by Gasteiger charge is 2.36. The van der Waals surface area contributed by atoms with Crippen molar-refractivity contribution in [2.75, 3.05) is 23.6 Å². The van der Waals surface area contributed by atoms with Crippen LogP contribution in [0.2, 0.25) is 10.0 Å². The van der Waals surface area contributed by atoms with Crippen molar-refractivity contribution in [2.24, 2.45) is 5.92 Å². The van der Waals surface area contributed by atoms with Crippen molar-refractivity contribution in [1.82, 2.24) is 5.32 Å². The first-order chi connectivity index (χ1) is 17.4. The molecule has 0 spiro atoms. The number of halogens is 2. The van der Waals surface area contributed by atoms with Gasteiger partial charge in [0.1, 0.15) is 0 Å². The minimum atomic E-state index is -0.614. The maximum atomic E-state index is 13.0. The van der Waals surface area contributed by atoms with Gasteiger partial charge in [-0.05, 0) is 42.0 Å². The fourth-order valence-corrected chi connectivity index (χ4v) is 4.57. The van der Waals surface area contributed by atoms with E-state index in [1.807, 2.05) is 12.1 Å². The van der Waals surface area contributed by atoms with Gasteiger partial charge in [0.15, 0.2) is 11.5 Å². The van der Waals surface area contributed by atoms with Crippen molar-refractivity contribution in [2.45, 2.75) is 13.0 Å². The van der Waals surface area contributed by atoms with E-state index >= 15 is 0 Å². The summed E-state index contributed by atoms with van der Waals surface area (Å²) in [7, 11) is 0. The number of amides is 3. The van der Waals surface area contributed by atoms with E-state index in [-0.39, 0.29) is 49.0 Å². The van der Waals surface area contributed by atoms with E-state index in [1.165, 1.54) is 4.90 Å². The monoisotopic (exact) mass is 525 g/mol. The Hall–Kier alpha value is -3.75. The van der Waals surface area contributed by atoms with E-state index in [0.29, 0.717) is 33.5 Å².